The topological polar surface area (TPSA) is 21.3 Å². The molecule has 0 spiro atoms. The van der Waals surface area contributed by atoms with E-state index in [4.69, 9.17) is 16.3 Å². The first kappa shape index (κ1) is 13.4. The van der Waals surface area contributed by atoms with Gasteiger partial charge in [0.1, 0.15) is 5.75 Å². The van der Waals surface area contributed by atoms with E-state index < -0.39 is 0 Å². The molecule has 1 aliphatic rings. The van der Waals surface area contributed by atoms with Gasteiger partial charge in [-0.3, -0.25) is 0 Å². The van der Waals surface area contributed by atoms with Crippen molar-refractivity contribution in [1.82, 2.24) is 5.32 Å². The molecule has 0 aliphatic carbocycles. The molecule has 0 saturated carbocycles. The lowest BCUT2D eigenvalue weighted by molar-refractivity contribution is 0.352. The minimum Gasteiger partial charge on any atom is -0.493 e. The van der Waals surface area contributed by atoms with E-state index >= 15 is 0 Å². The summed E-state index contributed by atoms with van der Waals surface area (Å²) in [6.07, 6.45) is 0.959. The molecule has 1 aromatic heterocycles. The number of nitrogens with one attached hydrogen (secondary N) is 1. The quantitative estimate of drug-likeness (QED) is 0.875. The van der Waals surface area contributed by atoms with Gasteiger partial charge in [-0.05, 0) is 45.8 Å². The van der Waals surface area contributed by atoms with E-state index in [1.165, 1.54) is 10.4 Å². The van der Waals surface area contributed by atoms with Gasteiger partial charge in [-0.15, -0.1) is 11.3 Å². The Kier molecular flexibility index (Phi) is 4.12. The molecule has 1 aromatic carbocycles. The average Bonchev–Trinajstić information content (AvgIpc) is 2.98. The second-order valence-corrected chi connectivity index (χ2v) is 7.44. The summed E-state index contributed by atoms with van der Waals surface area (Å²) in [6.45, 7) is 2.40. The largest absolute Gasteiger partial charge is 0.493 e. The summed E-state index contributed by atoms with van der Waals surface area (Å²) in [5.74, 6) is 1.02. The fraction of sp³-hybridized carbons (Fsp3) is 0.286. The lowest BCUT2D eigenvalue weighted by Crippen LogP contribution is -2.12. The van der Waals surface area contributed by atoms with Gasteiger partial charge >= 0.3 is 0 Å². The van der Waals surface area contributed by atoms with Crippen LogP contribution in [0.1, 0.15) is 16.0 Å². The van der Waals surface area contributed by atoms with Crippen LogP contribution in [0.15, 0.2) is 28.1 Å². The van der Waals surface area contributed by atoms with Gasteiger partial charge in [0.2, 0.25) is 0 Å². The molecule has 19 heavy (non-hydrogen) atoms. The van der Waals surface area contributed by atoms with E-state index in [1.54, 1.807) is 11.3 Å². The third-order valence-corrected chi connectivity index (χ3v) is 4.91. The predicted molar refractivity (Wildman–Crippen MR) is 83.2 cm³/mol. The molecule has 100 valence electrons. The number of halogens is 2. The van der Waals surface area contributed by atoms with Gasteiger partial charge in [-0.2, -0.15) is 0 Å². The van der Waals surface area contributed by atoms with Crippen molar-refractivity contribution in [1.29, 1.82) is 0 Å². The van der Waals surface area contributed by atoms with E-state index in [0.717, 1.165) is 46.2 Å². The summed E-state index contributed by atoms with van der Waals surface area (Å²) in [7, 11) is 0. The number of benzene rings is 1. The van der Waals surface area contributed by atoms with Crippen LogP contribution in [0.4, 0.5) is 0 Å². The lowest BCUT2D eigenvalue weighted by Gasteiger charge is -2.09. The van der Waals surface area contributed by atoms with Gasteiger partial charge in [0, 0.05) is 35.0 Å². The third-order valence-electron chi connectivity index (χ3n) is 3.07. The van der Waals surface area contributed by atoms with Crippen LogP contribution in [0.25, 0.3) is 0 Å². The van der Waals surface area contributed by atoms with E-state index in [2.05, 4.69) is 33.4 Å². The number of hydrogen-bond acceptors (Lipinski definition) is 3. The summed E-state index contributed by atoms with van der Waals surface area (Å²) < 4.78 is 6.85. The zero-order valence-electron chi connectivity index (χ0n) is 10.2. The van der Waals surface area contributed by atoms with Crippen LogP contribution in [0.3, 0.4) is 0 Å². The molecule has 0 radical (unpaired) electrons. The summed E-state index contributed by atoms with van der Waals surface area (Å²) in [4.78, 5) is 1.31. The predicted octanol–water partition coefficient (Wildman–Crippen LogP) is 4.39. The summed E-state index contributed by atoms with van der Waals surface area (Å²) in [5.41, 5.74) is 2.37. The molecule has 0 atom stereocenters. The Morgan fingerprint density at radius 2 is 2.21 bits per heavy atom. The van der Waals surface area contributed by atoms with Crippen LogP contribution in [0.5, 0.6) is 5.75 Å². The normalized spacial score (nSPS) is 13.4. The molecule has 1 aliphatic heterocycles. The van der Waals surface area contributed by atoms with Gasteiger partial charge in [-0.25, -0.2) is 0 Å². The Labute approximate surface area is 129 Å². The van der Waals surface area contributed by atoms with Crippen molar-refractivity contribution >= 4 is 38.9 Å². The van der Waals surface area contributed by atoms with Crippen LogP contribution >= 0.6 is 38.9 Å². The van der Waals surface area contributed by atoms with Crippen LogP contribution < -0.4 is 10.1 Å². The summed E-state index contributed by atoms with van der Waals surface area (Å²) in [6, 6.07) is 8.19. The van der Waals surface area contributed by atoms with Gasteiger partial charge in [0.15, 0.2) is 0 Å². The van der Waals surface area contributed by atoms with Crippen LogP contribution in [0, 0.1) is 0 Å². The second-order valence-electron chi connectivity index (χ2n) is 4.46. The van der Waals surface area contributed by atoms with Crippen molar-refractivity contribution in [3.05, 3.63) is 49.1 Å². The minimum atomic E-state index is 0.764. The Bertz CT molecular complexity index is 599. The maximum atomic E-state index is 6.14. The molecule has 2 nitrogen and oxygen atoms in total. The smallest absolute Gasteiger partial charge is 0.127 e. The minimum absolute atomic E-state index is 0.764. The Morgan fingerprint density at radius 3 is 3.00 bits per heavy atom. The Morgan fingerprint density at radius 1 is 1.32 bits per heavy atom. The van der Waals surface area contributed by atoms with E-state index in [1.807, 2.05) is 12.1 Å². The van der Waals surface area contributed by atoms with Crippen molar-refractivity contribution in [2.24, 2.45) is 0 Å². The molecular weight excluding hydrogens is 346 g/mol. The summed E-state index contributed by atoms with van der Waals surface area (Å²) >= 11 is 11.4. The standard InChI is InChI=1S/C14H13BrClNOS/c15-13-2-1-12(19-13)8-17-7-10-6-11(16)5-9-3-4-18-14(9)10/h1-2,5-6,17H,3-4,7-8H2. The van der Waals surface area contributed by atoms with E-state index in [9.17, 15) is 0 Å². The maximum Gasteiger partial charge on any atom is 0.127 e. The second kappa shape index (κ2) is 5.83. The SMILES string of the molecule is Clc1cc2c(c(CNCc3ccc(Br)s3)c1)OCC2. The van der Waals surface area contributed by atoms with Crippen molar-refractivity contribution < 1.29 is 4.74 Å². The molecule has 1 N–H and O–H groups in total. The molecule has 0 saturated heterocycles. The van der Waals surface area contributed by atoms with Crippen LogP contribution in [-0.2, 0) is 19.5 Å². The highest BCUT2D eigenvalue weighted by atomic mass is 79.9. The zero-order chi connectivity index (χ0) is 13.2. The molecule has 0 unspecified atom stereocenters. The first-order valence-electron chi connectivity index (χ1n) is 6.11. The van der Waals surface area contributed by atoms with Crippen molar-refractivity contribution in [2.45, 2.75) is 19.5 Å². The molecule has 0 fully saturated rings. The number of fused-ring (bicyclic) bond motifs is 1. The average molecular weight is 359 g/mol. The van der Waals surface area contributed by atoms with Crippen LogP contribution in [-0.4, -0.2) is 6.61 Å². The maximum absolute atomic E-state index is 6.14. The molecular formula is C14H13BrClNOS. The fourth-order valence-corrected chi connectivity index (χ4v) is 3.96. The molecule has 3 rings (SSSR count). The Balaban J connectivity index is 1.67. The van der Waals surface area contributed by atoms with Gasteiger partial charge in [-0.1, -0.05) is 11.6 Å². The monoisotopic (exact) mass is 357 g/mol. The summed E-state index contributed by atoms with van der Waals surface area (Å²) in [5, 5.41) is 4.23. The number of thiophene rings is 1. The highest BCUT2D eigenvalue weighted by Gasteiger charge is 2.17. The van der Waals surface area contributed by atoms with E-state index in [-0.39, 0.29) is 0 Å². The highest BCUT2D eigenvalue weighted by molar-refractivity contribution is 9.11. The molecule has 0 bridgehead atoms. The van der Waals surface area contributed by atoms with E-state index in [0.29, 0.717) is 0 Å². The van der Waals surface area contributed by atoms with Crippen molar-refractivity contribution in [3.63, 3.8) is 0 Å². The van der Waals surface area contributed by atoms with Crippen molar-refractivity contribution in [2.75, 3.05) is 6.61 Å². The highest BCUT2D eigenvalue weighted by Crippen LogP contribution is 2.32. The molecule has 0 amide bonds. The first-order valence-corrected chi connectivity index (χ1v) is 8.10. The lowest BCUT2D eigenvalue weighted by atomic mass is 10.1. The van der Waals surface area contributed by atoms with Crippen LogP contribution in [0.2, 0.25) is 5.02 Å². The molecule has 2 heterocycles. The molecule has 2 aromatic rings. The van der Waals surface area contributed by atoms with Crippen molar-refractivity contribution in [3.8, 4) is 5.75 Å². The molecule has 5 heteroatoms. The fourth-order valence-electron chi connectivity index (χ4n) is 2.24. The third kappa shape index (κ3) is 3.14. The number of rotatable bonds is 4. The van der Waals surface area contributed by atoms with Gasteiger partial charge in [0.25, 0.3) is 0 Å². The van der Waals surface area contributed by atoms with Gasteiger partial charge in [0.05, 0.1) is 10.4 Å². The zero-order valence-corrected chi connectivity index (χ0v) is 13.4. The number of hydrogen-bond donors (Lipinski definition) is 1. The van der Waals surface area contributed by atoms with Gasteiger partial charge < -0.3 is 10.1 Å². The Hall–Kier alpha value is -0.550. The first-order chi connectivity index (χ1) is 9.22. The number of ether oxygens (including phenoxy) is 1.